The molecule has 1 rings (SSSR count). The molecule has 1 heteroatoms. The molecule has 1 nitrogen and oxygen atoms in total. The van der Waals surface area contributed by atoms with Gasteiger partial charge in [-0.1, -0.05) is 46.5 Å². The van der Waals surface area contributed by atoms with Crippen LogP contribution in [-0.4, -0.2) is 6.04 Å². The first-order valence-electron chi connectivity index (χ1n) is 6.40. The second-order valence-corrected chi connectivity index (χ2v) is 5.37. The molecule has 1 aliphatic rings. The molecule has 0 amide bonds. The number of nitrogens with two attached hydrogens (primary N) is 1. The number of rotatable bonds is 5. The SMILES string of the molecule is CCCC(C)CC(N)C1CCCC1C. The molecule has 1 fully saturated rings. The molecule has 0 aromatic rings. The van der Waals surface area contributed by atoms with Crippen molar-refractivity contribution in [1.82, 2.24) is 0 Å². The van der Waals surface area contributed by atoms with Gasteiger partial charge in [-0.25, -0.2) is 0 Å². The Morgan fingerprint density at radius 1 is 1.36 bits per heavy atom. The van der Waals surface area contributed by atoms with Crippen LogP contribution in [0.3, 0.4) is 0 Å². The lowest BCUT2D eigenvalue weighted by molar-refractivity contribution is 0.295. The van der Waals surface area contributed by atoms with Crippen LogP contribution in [0.25, 0.3) is 0 Å². The van der Waals surface area contributed by atoms with E-state index < -0.39 is 0 Å². The predicted molar refractivity (Wildman–Crippen MR) is 63.2 cm³/mol. The van der Waals surface area contributed by atoms with E-state index in [0.717, 1.165) is 17.8 Å². The molecule has 4 unspecified atom stereocenters. The van der Waals surface area contributed by atoms with Crippen molar-refractivity contribution in [3.05, 3.63) is 0 Å². The molecule has 14 heavy (non-hydrogen) atoms. The van der Waals surface area contributed by atoms with Gasteiger partial charge in [0, 0.05) is 6.04 Å². The average Bonchev–Trinajstić information content (AvgIpc) is 2.51. The van der Waals surface area contributed by atoms with E-state index in [1.165, 1.54) is 38.5 Å². The van der Waals surface area contributed by atoms with E-state index in [2.05, 4.69) is 20.8 Å². The summed E-state index contributed by atoms with van der Waals surface area (Å²) in [4.78, 5) is 0. The van der Waals surface area contributed by atoms with Gasteiger partial charge in [-0.15, -0.1) is 0 Å². The lowest BCUT2D eigenvalue weighted by atomic mass is 9.84. The highest BCUT2D eigenvalue weighted by atomic mass is 14.7. The lowest BCUT2D eigenvalue weighted by Crippen LogP contribution is -2.33. The van der Waals surface area contributed by atoms with Crippen molar-refractivity contribution in [2.75, 3.05) is 0 Å². The van der Waals surface area contributed by atoms with E-state index in [1.54, 1.807) is 0 Å². The van der Waals surface area contributed by atoms with Gasteiger partial charge in [0.1, 0.15) is 0 Å². The van der Waals surface area contributed by atoms with Gasteiger partial charge in [-0.3, -0.25) is 0 Å². The van der Waals surface area contributed by atoms with Crippen LogP contribution in [0.2, 0.25) is 0 Å². The summed E-state index contributed by atoms with van der Waals surface area (Å²) in [7, 11) is 0. The standard InChI is InChI=1S/C13H27N/c1-4-6-10(2)9-13(14)12-8-5-7-11(12)3/h10-13H,4-9,14H2,1-3H3. The minimum atomic E-state index is 0.467. The first-order valence-corrected chi connectivity index (χ1v) is 6.40. The quantitative estimate of drug-likeness (QED) is 0.716. The Hall–Kier alpha value is -0.0400. The Kier molecular flexibility index (Phi) is 4.94. The van der Waals surface area contributed by atoms with E-state index >= 15 is 0 Å². The zero-order valence-electron chi connectivity index (χ0n) is 10.1. The Bertz CT molecular complexity index is 155. The largest absolute Gasteiger partial charge is 0.327 e. The van der Waals surface area contributed by atoms with Gasteiger partial charge >= 0.3 is 0 Å². The van der Waals surface area contributed by atoms with Crippen molar-refractivity contribution in [2.24, 2.45) is 23.5 Å². The van der Waals surface area contributed by atoms with Crippen LogP contribution in [0.1, 0.15) is 59.3 Å². The zero-order valence-corrected chi connectivity index (χ0v) is 10.1. The van der Waals surface area contributed by atoms with Crippen LogP contribution in [-0.2, 0) is 0 Å². The van der Waals surface area contributed by atoms with Gasteiger partial charge in [0.2, 0.25) is 0 Å². The van der Waals surface area contributed by atoms with E-state index in [-0.39, 0.29) is 0 Å². The maximum Gasteiger partial charge on any atom is 0.00722 e. The van der Waals surface area contributed by atoms with Crippen LogP contribution in [0.5, 0.6) is 0 Å². The summed E-state index contributed by atoms with van der Waals surface area (Å²) < 4.78 is 0. The molecule has 0 spiro atoms. The molecular formula is C13H27N. The van der Waals surface area contributed by atoms with Crippen molar-refractivity contribution in [3.8, 4) is 0 Å². The monoisotopic (exact) mass is 197 g/mol. The van der Waals surface area contributed by atoms with E-state index in [9.17, 15) is 0 Å². The van der Waals surface area contributed by atoms with E-state index in [4.69, 9.17) is 5.73 Å². The summed E-state index contributed by atoms with van der Waals surface area (Å²) in [6, 6.07) is 0.467. The minimum absolute atomic E-state index is 0.467. The number of hydrogen-bond donors (Lipinski definition) is 1. The first-order chi connectivity index (χ1) is 6.65. The summed E-state index contributed by atoms with van der Waals surface area (Å²) in [6.07, 6.45) is 8.06. The summed E-state index contributed by atoms with van der Waals surface area (Å²) in [6.45, 7) is 6.99. The molecule has 0 heterocycles. The van der Waals surface area contributed by atoms with E-state index in [0.29, 0.717) is 6.04 Å². The molecule has 0 saturated heterocycles. The third-order valence-corrected chi connectivity index (χ3v) is 3.93. The van der Waals surface area contributed by atoms with Crippen molar-refractivity contribution in [1.29, 1.82) is 0 Å². The second-order valence-electron chi connectivity index (χ2n) is 5.37. The molecule has 4 atom stereocenters. The highest BCUT2D eigenvalue weighted by Gasteiger charge is 2.29. The second kappa shape index (κ2) is 5.75. The van der Waals surface area contributed by atoms with Gasteiger partial charge in [0.15, 0.2) is 0 Å². The Labute approximate surface area is 89.5 Å². The van der Waals surface area contributed by atoms with Crippen molar-refractivity contribution in [3.63, 3.8) is 0 Å². The molecule has 0 bridgehead atoms. The molecule has 2 N–H and O–H groups in total. The summed E-state index contributed by atoms with van der Waals surface area (Å²) in [5.74, 6) is 2.51. The van der Waals surface area contributed by atoms with Crippen LogP contribution in [0.4, 0.5) is 0 Å². The summed E-state index contributed by atoms with van der Waals surface area (Å²) in [5.41, 5.74) is 6.30. The van der Waals surface area contributed by atoms with Crippen molar-refractivity contribution < 1.29 is 0 Å². The third-order valence-electron chi connectivity index (χ3n) is 3.93. The first kappa shape index (κ1) is 12.0. The van der Waals surface area contributed by atoms with Crippen molar-refractivity contribution in [2.45, 2.75) is 65.3 Å². The Morgan fingerprint density at radius 2 is 2.07 bits per heavy atom. The molecule has 0 radical (unpaired) electrons. The Balaban J connectivity index is 2.29. The molecule has 0 aromatic heterocycles. The minimum Gasteiger partial charge on any atom is -0.327 e. The highest BCUT2D eigenvalue weighted by Crippen LogP contribution is 2.35. The topological polar surface area (TPSA) is 26.0 Å². The molecule has 1 aliphatic carbocycles. The highest BCUT2D eigenvalue weighted by molar-refractivity contribution is 4.83. The molecule has 1 saturated carbocycles. The van der Waals surface area contributed by atoms with Gasteiger partial charge in [0.25, 0.3) is 0 Å². The lowest BCUT2D eigenvalue weighted by Gasteiger charge is -2.25. The maximum absolute atomic E-state index is 6.30. The van der Waals surface area contributed by atoms with Gasteiger partial charge in [0.05, 0.1) is 0 Å². The van der Waals surface area contributed by atoms with Crippen LogP contribution < -0.4 is 5.73 Å². The Morgan fingerprint density at radius 3 is 2.57 bits per heavy atom. The summed E-state index contributed by atoms with van der Waals surface area (Å²) in [5, 5.41) is 0. The van der Waals surface area contributed by atoms with Gasteiger partial charge in [-0.2, -0.15) is 0 Å². The third kappa shape index (κ3) is 3.27. The smallest absolute Gasteiger partial charge is 0.00722 e. The molecule has 0 aliphatic heterocycles. The van der Waals surface area contributed by atoms with Crippen LogP contribution in [0.15, 0.2) is 0 Å². The normalized spacial score (nSPS) is 31.7. The maximum atomic E-state index is 6.30. The van der Waals surface area contributed by atoms with Gasteiger partial charge in [-0.05, 0) is 30.6 Å². The fourth-order valence-electron chi connectivity index (χ4n) is 3.06. The fraction of sp³-hybridized carbons (Fsp3) is 1.00. The zero-order chi connectivity index (χ0) is 10.6. The van der Waals surface area contributed by atoms with Crippen molar-refractivity contribution >= 4 is 0 Å². The van der Waals surface area contributed by atoms with E-state index in [1.807, 2.05) is 0 Å². The molecule has 84 valence electrons. The van der Waals surface area contributed by atoms with Gasteiger partial charge < -0.3 is 5.73 Å². The fourth-order valence-corrected chi connectivity index (χ4v) is 3.06. The van der Waals surface area contributed by atoms with Crippen LogP contribution in [0, 0.1) is 17.8 Å². The molecular weight excluding hydrogens is 170 g/mol. The van der Waals surface area contributed by atoms with Crippen LogP contribution >= 0.6 is 0 Å². The average molecular weight is 197 g/mol. The number of hydrogen-bond acceptors (Lipinski definition) is 1. The molecule has 0 aromatic carbocycles. The summed E-state index contributed by atoms with van der Waals surface area (Å²) >= 11 is 0. The predicted octanol–water partition coefficient (Wildman–Crippen LogP) is 3.58.